The van der Waals surface area contributed by atoms with E-state index in [1.165, 1.54) is 62.3 Å². The minimum Gasteiger partial charge on any atom is -0.463 e. The van der Waals surface area contributed by atoms with Crippen LogP contribution in [0.15, 0.2) is 0 Å². The van der Waals surface area contributed by atoms with Gasteiger partial charge in [0.05, 0.1) is 11.7 Å². The highest BCUT2D eigenvalue weighted by molar-refractivity contribution is 5.69. The summed E-state index contributed by atoms with van der Waals surface area (Å²) in [5.41, 5.74) is -3.19. The zero-order chi connectivity index (χ0) is 50.0. The van der Waals surface area contributed by atoms with E-state index in [-0.39, 0.29) is 52.0 Å². The molecule has 1 N–H and O–H groups in total. The fraction of sp³-hybridized carbons (Fsp3) is 0.860. The first-order valence-electron chi connectivity index (χ1n) is 24.1. The highest BCUT2D eigenvalue weighted by Gasteiger charge is 2.86. The lowest BCUT2D eigenvalue weighted by Gasteiger charge is -2.69. The van der Waals surface area contributed by atoms with Gasteiger partial charge in [-0.3, -0.25) is 33.6 Å². The molecular formula is C50H76O17. The summed E-state index contributed by atoms with van der Waals surface area (Å²) in [5.74, 6) is -4.14. The van der Waals surface area contributed by atoms with Crippen LogP contribution >= 0.6 is 0 Å². The highest BCUT2D eigenvalue weighted by Crippen LogP contribution is 2.91. The van der Waals surface area contributed by atoms with Crippen LogP contribution in [0.25, 0.3) is 0 Å². The van der Waals surface area contributed by atoms with Gasteiger partial charge in [-0.15, -0.1) is 0 Å². The van der Waals surface area contributed by atoms with Crippen LogP contribution in [0.2, 0.25) is 0 Å². The molecule has 0 amide bonds. The van der Waals surface area contributed by atoms with Crippen molar-refractivity contribution in [3.63, 3.8) is 0 Å². The molecule has 17 atom stereocenters. The van der Waals surface area contributed by atoms with Gasteiger partial charge in [-0.05, 0) is 112 Å². The van der Waals surface area contributed by atoms with Crippen molar-refractivity contribution in [3.8, 4) is 0 Å². The van der Waals surface area contributed by atoms with E-state index in [1.54, 1.807) is 0 Å². The number of rotatable bonds is 15. The van der Waals surface area contributed by atoms with E-state index in [2.05, 4.69) is 34.6 Å². The molecule has 6 rings (SSSR count). The van der Waals surface area contributed by atoms with E-state index in [9.17, 15) is 38.7 Å². The number of ether oxygens (including phenoxy) is 9. The molecule has 17 heteroatoms. The molecule has 0 aromatic carbocycles. The third-order valence-electron chi connectivity index (χ3n) is 17.5. The van der Waals surface area contributed by atoms with Crippen LogP contribution in [0, 0.1) is 50.7 Å². The molecule has 1 saturated heterocycles. The van der Waals surface area contributed by atoms with Crippen LogP contribution in [0.1, 0.15) is 155 Å². The van der Waals surface area contributed by atoms with E-state index in [0.29, 0.717) is 19.3 Å². The Morgan fingerprint density at radius 2 is 1.25 bits per heavy atom. The van der Waals surface area contributed by atoms with Gasteiger partial charge in [0.25, 0.3) is 0 Å². The third kappa shape index (κ3) is 9.59. The fourth-order valence-corrected chi connectivity index (χ4v) is 15.3. The fourth-order valence-electron chi connectivity index (χ4n) is 15.3. The van der Waals surface area contributed by atoms with Crippen LogP contribution in [0.3, 0.4) is 0 Å². The van der Waals surface area contributed by atoms with Gasteiger partial charge in [0.15, 0.2) is 30.7 Å². The Morgan fingerprint density at radius 1 is 0.672 bits per heavy atom. The molecule has 67 heavy (non-hydrogen) atoms. The molecule has 378 valence electrons. The number of esters is 7. The molecule has 6 aliphatic rings. The van der Waals surface area contributed by atoms with Crippen molar-refractivity contribution < 1.29 is 81.3 Å². The van der Waals surface area contributed by atoms with Crippen LogP contribution in [-0.2, 0) is 76.2 Å². The lowest BCUT2D eigenvalue weighted by atomic mass is 9.37. The Hall–Kier alpha value is -3.83. The van der Waals surface area contributed by atoms with Crippen molar-refractivity contribution in [2.45, 2.75) is 215 Å². The molecule has 1 heterocycles. The Kier molecular flexibility index (Phi) is 14.8. The molecule has 0 aromatic heterocycles. The van der Waals surface area contributed by atoms with Crippen LogP contribution in [0.4, 0.5) is 0 Å². The number of aliphatic hydroxyl groups is 1. The number of carbonyl (C=O) groups excluding carboxylic acids is 7. The Balaban J connectivity index is 1.45. The second-order valence-electron chi connectivity index (χ2n) is 22.4. The van der Waals surface area contributed by atoms with Crippen molar-refractivity contribution >= 4 is 41.8 Å². The molecule has 5 aliphatic carbocycles. The predicted molar refractivity (Wildman–Crippen MR) is 236 cm³/mol. The Morgan fingerprint density at radius 3 is 1.81 bits per heavy atom. The predicted octanol–water partition coefficient (Wildman–Crippen LogP) is 6.10. The Labute approximate surface area is 395 Å². The monoisotopic (exact) mass is 949 g/mol. The van der Waals surface area contributed by atoms with Crippen molar-refractivity contribution in [1.82, 2.24) is 0 Å². The van der Waals surface area contributed by atoms with E-state index >= 15 is 0 Å². The first-order valence-corrected chi connectivity index (χ1v) is 24.1. The minimum absolute atomic E-state index is 0.0292. The third-order valence-corrected chi connectivity index (χ3v) is 17.5. The van der Waals surface area contributed by atoms with Crippen molar-refractivity contribution in [1.29, 1.82) is 0 Å². The quantitative estimate of drug-likeness (QED) is 0.111. The summed E-state index contributed by atoms with van der Waals surface area (Å²) in [4.78, 5) is 87.9. The van der Waals surface area contributed by atoms with Gasteiger partial charge < -0.3 is 47.7 Å². The molecule has 0 bridgehead atoms. The van der Waals surface area contributed by atoms with E-state index in [4.69, 9.17) is 42.6 Å². The summed E-state index contributed by atoms with van der Waals surface area (Å²) in [6.45, 7) is 22.6. The van der Waals surface area contributed by atoms with Gasteiger partial charge in [-0.1, -0.05) is 34.6 Å². The molecule has 6 fully saturated rings. The smallest absolute Gasteiger partial charge is 0.303 e. The lowest BCUT2D eigenvalue weighted by Crippen LogP contribution is -2.69. The molecule has 0 spiro atoms. The number of carbonyl (C=O) groups is 7. The van der Waals surface area contributed by atoms with Crippen molar-refractivity contribution in [3.05, 3.63) is 0 Å². The van der Waals surface area contributed by atoms with E-state index in [1.807, 2.05) is 0 Å². The average Bonchev–Trinajstić information content (AvgIpc) is 3.75. The number of fused-ring (bicyclic) bond motifs is 3. The molecule has 17 nitrogen and oxygen atoms in total. The first-order chi connectivity index (χ1) is 30.9. The molecule has 0 radical (unpaired) electrons. The standard InChI is InChI=1S/C50H76O17/c1-25(21-34(60-27(3)52)43(46(11,12)58)65-32(8)57)33-15-20-50-24-49(33,50)19-16-36-47(13)18-17-38(61-28(4)53)45(9,10)37(47)22-39(48(36,50)14)67-44-42(64-31(7)56)41(63-30(6)55)40(62-29(5)54)35(66-44)23-59-26(2)51/h25,33-44,58H,15-24H2,1-14H3/t25?,33-,34?,35+,36+,37-,38+,39+,40+,41-,42+,43?,44-,47+,48-,49+,50+/m0/s1. The summed E-state index contributed by atoms with van der Waals surface area (Å²) < 4.78 is 54.5. The first kappa shape index (κ1) is 52.5. The molecular weight excluding hydrogens is 873 g/mol. The number of hydrogen-bond acceptors (Lipinski definition) is 17. The molecule has 0 aromatic rings. The highest BCUT2D eigenvalue weighted by atomic mass is 16.7. The van der Waals surface area contributed by atoms with Crippen LogP contribution < -0.4 is 0 Å². The average molecular weight is 949 g/mol. The van der Waals surface area contributed by atoms with Gasteiger partial charge in [0, 0.05) is 59.3 Å². The van der Waals surface area contributed by atoms with E-state index in [0.717, 1.165) is 38.5 Å². The number of hydrogen-bond donors (Lipinski definition) is 1. The van der Waals surface area contributed by atoms with Gasteiger partial charge in [-0.25, -0.2) is 0 Å². The molecule has 5 saturated carbocycles. The van der Waals surface area contributed by atoms with Gasteiger partial charge in [0.2, 0.25) is 0 Å². The normalized spacial score (nSPS) is 39.5. The minimum atomic E-state index is -1.51. The van der Waals surface area contributed by atoms with E-state index < -0.39 is 108 Å². The van der Waals surface area contributed by atoms with Gasteiger partial charge in [-0.2, -0.15) is 0 Å². The zero-order valence-electron chi connectivity index (χ0n) is 42.1. The van der Waals surface area contributed by atoms with Crippen LogP contribution in [-0.4, -0.2) is 114 Å². The van der Waals surface area contributed by atoms with Crippen molar-refractivity contribution in [2.75, 3.05) is 6.61 Å². The summed E-state index contributed by atoms with van der Waals surface area (Å²) in [7, 11) is 0. The topological polar surface area (TPSA) is 223 Å². The maximum atomic E-state index is 13.0. The van der Waals surface area contributed by atoms with Gasteiger partial charge in [0.1, 0.15) is 24.9 Å². The SMILES string of the molecule is CC(=O)OC[C@H]1O[C@@H](O[C@@H]2C[C@H]3C(C)(C)[C@H](OC(C)=O)CC[C@]3(C)[C@H]3CC[C@]45C[C@]4(CC[C@H]5C(C)CC(OC(C)=O)C(OC(C)=O)C(C)(C)O)[C@@]32C)[C@H](OC(C)=O)[C@@H](OC(C)=O)[C@@H]1OC(C)=O. The van der Waals surface area contributed by atoms with Crippen molar-refractivity contribution in [2.24, 2.45) is 50.7 Å². The summed E-state index contributed by atoms with van der Waals surface area (Å²) in [5, 5.41) is 11.2. The summed E-state index contributed by atoms with van der Waals surface area (Å²) >= 11 is 0. The second kappa shape index (κ2) is 18.8. The van der Waals surface area contributed by atoms with Gasteiger partial charge >= 0.3 is 41.8 Å². The molecule has 3 unspecified atom stereocenters. The summed E-state index contributed by atoms with van der Waals surface area (Å²) in [6, 6.07) is 0. The maximum absolute atomic E-state index is 13.0. The lowest BCUT2D eigenvalue weighted by molar-refractivity contribution is -0.346. The summed E-state index contributed by atoms with van der Waals surface area (Å²) in [6.07, 6.45) is -2.94. The largest absolute Gasteiger partial charge is 0.463 e. The molecule has 1 aliphatic heterocycles. The zero-order valence-corrected chi connectivity index (χ0v) is 42.1. The Bertz CT molecular complexity index is 1940. The van der Waals surface area contributed by atoms with Crippen LogP contribution in [0.5, 0.6) is 0 Å². The maximum Gasteiger partial charge on any atom is 0.303 e. The second-order valence-corrected chi connectivity index (χ2v) is 22.4.